The highest BCUT2D eigenvalue weighted by atomic mass is 32.2. The van der Waals surface area contributed by atoms with E-state index >= 15 is 0 Å². The van der Waals surface area contributed by atoms with Crippen molar-refractivity contribution in [3.8, 4) is 0 Å². The fourth-order valence-corrected chi connectivity index (χ4v) is 4.05. The average molecular weight is 330 g/mol. The summed E-state index contributed by atoms with van der Waals surface area (Å²) in [6.07, 6.45) is 3.74. The Kier molecular flexibility index (Phi) is 4.57. The molecule has 1 aliphatic rings. The molecule has 2 aromatic carbocycles. The zero-order valence-corrected chi connectivity index (χ0v) is 14.1. The molecule has 122 valence electrons. The van der Waals surface area contributed by atoms with Crippen LogP contribution < -0.4 is 9.62 Å². The number of benzene rings is 2. The van der Waals surface area contributed by atoms with E-state index in [1.165, 1.54) is 19.3 Å². The van der Waals surface area contributed by atoms with Gasteiger partial charge in [-0.1, -0.05) is 12.1 Å². The van der Waals surface area contributed by atoms with Crippen LogP contribution >= 0.6 is 0 Å². The summed E-state index contributed by atoms with van der Waals surface area (Å²) in [7, 11) is -3.54. The highest BCUT2D eigenvalue weighted by molar-refractivity contribution is 7.92. The number of piperidine rings is 1. The van der Waals surface area contributed by atoms with Crippen LogP contribution in [0.5, 0.6) is 0 Å². The van der Waals surface area contributed by atoms with Crippen LogP contribution in [0.4, 0.5) is 11.4 Å². The van der Waals surface area contributed by atoms with Crippen molar-refractivity contribution in [2.24, 2.45) is 0 Å². The molecule has 1 N–H and O–H groups in total. The minimum atomic E-state index is -3.54. The lowest BCUT2D eigenvalue weighted by Crippen LogP contribution is -2.29. The lowest BCUT2D eigenvalue weighted by molar-refractivity contribution is 0.578. The van der Waals surface area contributed by atoms with Gasteiger partial charge in [-0.05, 0) is 68.1 Å². The van der Waals surface area contributed by atoms with Gasteiger partial charge in [-0.3, -0.25) is 4.72 Å². The Morgan fingerprint density at radius 2 is 1.65 bits per heavy atom. The van der Waals surface area contributed by atoms with Gasteiger partial charge in [0.25, 0.3) is 10.0 Å². The molecule has 0 unspecified atom stereocenters. The first-order chi connectivity index (χ1) is 11.0. The molecule has 4 nitrogen and oxygen atoms in total. The van der Waals surface area contributed by atoms with Crippen LogP contribution in [-0.4, -0.2) is 21.5 Å². The second-order valence-corrected chi connectivity index (χ2v) is 7.70. The minimum Gasteiger partial charge on any atom is -0.372 e. The van der Waals surface area contributed by atoms with E-state index in [4.69, 9.17) is 0 Å². The first-order valence-corrected chi connectivity index (χ1v) is 9.47. The monoisotopic (exact) mass is 330 g/mol. The number of nitrogens with one attached hydrogen (secondary N) is 1. The highest BCUT2D eigenvalue weighted by Crippen LogP contribution is 2.23. The molecule has 2 aromatic rings. The molecule has 23 heavy (non-hydrogen) atoms. The largest absolute Gasteiger partial charge is 0.372 e. The molecule has 1 saturated heterocycles. The van der Waals surface area contributed by atoms with Crippen LogP contribution in [-0.2, 0) is 10.0 Å². The third kappa shape index (κ3) is 3.85. The number of anilines is 2. The standard InChI is InChI=1S/C18H22N2O2S/c1-15-6-5-7-18(14-15)23(21,22)19-16-8-10-17(11-9-16)20-12-3-2-4-13-20/h5-11,14,19H,2-4,12-13H2,1H3. The van der Waals surface area contributed by atoms with Crippen LogP contribution in [0.15, 0.2) is 53.4 Å². The van der Waals surface area contributed by atoms with Crippen LogP contribution in [0.1, 0.15) is 24.8 Å². The van der Waals surface area contributed by atoms with E-state index in [-0.39, 0.29) is 4.90 Å². The molecule has 0 amide bonds. The molecule has 1 heterocycles. The van der Waals surface area contributed by atoms with Crippen molar-refractivity contribution in [3.63, 3.8) is 0 Å². The van der Waals surface area contributed by atoms with Crippen LogP contribution in [0.3, 0.4) is 0 Å². The Morgan fingerprint density at radius 1 is 0.957 bits per heavy atom. The predicted octanol–water partition coefficient (Wildman–Crippen LogP) is 3.79. The van der Waals surface area contributed by atoms with Crippen molar-refractivity contribution < 1.29 is 8.42 Å². The summed E-state index contributed by atoms with van der Waals surface area (Å²) in [4.78, 5) is 2.64. The quantitative estimate of drug-likeness (QED) is 0.928. The molecular weight excluding hydrogens is 308 g/mol. The number of sulfonamides is 1. The van der Waals surface area contributed by atoms with E-state index in [0.717, 1.165) is 24.3 Å². The SMILES string of the molecule is Cc1cccc(S(=O)(=O)Nc2ccc(N3CCCCC3)cc2)c1. The molecule has 0 aromatic heterocycles. The summed E-state index contributed by atoms with van der Waals surface area (Å²) in [6, 6.07) is 14.5. The van der Waals surface area contributed by atoms with Gasteiger partial charge >= 0.3 is 0 Å². The second-order valence-electron chi connectivity index (χ2n) is 6.02. The zero-order chi connectivity index (χ0) is 16.3. The Labute approximate surface area is 138 Å². The van der Waals surface area contributed by atoms with Crippen molar-refractivity contribution >= 4 is 21.4 Å². The van der Waals surface area contributed by atoms with E-state index in [2.05, 4.69) is 9.62 Å². The summed E-state index contributed by atoms with van der Waals surface area (Å²) in [5, 5.41) is 0. The number of nitrogens with zero attached hydrogens (tertiary/aromatic N) is 1. The molecule has 0 radical (unpaired) electrons. The molecule has 0 atom stereocenters. The molecule has 3 rings (SSSR count). The van der Waals surface area contributed by atoms with Gasteiger partial charge in [-0.2, -0.15) is 0 Å². The zero-order valence-electron chi connectivity index (χ0n) is 13.3. The molecule has 0 spiro atoms. The van der Waals surface area contributed by atoms with Crippen LogP contribution in [0, 0.1) is 6.92 Å². The summed E-state index contributed by atoms with van der Waals surface area (Å²) >= 11 is 0. The van der Waals surface area contributed by atoms with E-state index in [9.17, 15) is 8.42 Å². The van der Waals surface area contributed by atoms with Crippen molar-refractivity contribution in [1.82, 2.24) is 0 Å². The third-order valence-electron chi connectivity index (χ3n) is 4.14. The number of hydrogen-bond acceptors (Lipinski definition) is 3. The average Bonchev–Trinajstić information content (AvgIpc) is 2.56. The molecular formula is C18H22N2O2S. The van der Waals surface area contributed by atoms with Crippen LogP contribution in [0.2, 0.25) is 0 Å². The van der Waals surface area contributed by atoms with Gasteiger partial charge in [0, 0.05) is 24.5 Å². The smallest absolute Gasteiger partial charge is 0.261 e. The van der Waals surface area contributed by atoms with Crippen molar-refractivity contribution in [3.05, 3.63) is 54.1 Å². The molecule has 0 bridgehead atoms. The number of aryl methyl sites for hydroxylation is 1. The molecule has 0 saturated carbocycles. The van der Waals surface area contributed by atoms with Gasteiger partial charge in [-0.15, -0.1) is 0 Å². The Morgan fingerprint density at radius 3 is 2.30 bits per heavy atom. The maximum Gasteiger partial charge on any atom is 0.261 e. The van der Waals surface area contributed by atoms with Crippen LogP contribution in [0.25, 0.3) is 0 Å². The predicted molar refractivity (Wildman–Crippen MR) is 94.5 cm³/mol. The second kappa shape index (κ2) is 6.62. The van der Waals surface area contributed by atoms with Gasteiger partial charge in [0.05, 0.1) is 4.90 Å². The minimum absolute atomic E-state index is 0.289. The summed E-state index contributed by atoms with van der Waals surface area (Å²) < 4.78 is 27.5. The maximum atomic E-state index is 12.4. The Bertz CT molecular complexity index is 764. The van der Waals surface area contributed by atoms with Crippen molar-refractivity contribution in [2.75, 3.05) is 22.7 Å². The summed E-state index contributed by atoms with van der Waals surface area (Å²) in [6.45, 7) is 4.04. The molecule has 0 aliphatic carbocycles. The number of rotatable bonds is 4. The van der Waals surface area contributed by atoms with Crippen molar-refractivity contribution in [2.45, 2.75) is 31.1 Å². The first-order valence-electron chi connectivity index (χ1n) is 7.99. The van der Waals surface area contributed by atoms with Crippen molar-refractivity contribution in [1.29, 1.82) is 0 Å². The molecule has 1 aliphatic heterocycles. The Balaban J connectivity index is 1.75. The summed E-state index contributed by atoms with van der Waals surface area (Å²) in [5.41, 5.74) is 2.67. The Hall–Kier alpha value is -2.01. The number of hydrogen-bond donors (Lipinski definition) is 1. The lowest BCUT2D eigenvalue weighted by atomic mass is 10.1. The molecule has 1 fully saturated rings. The first kappa shape index (κ1) is 15.9. The van der Waals surface area contributed by atoms with E-state index < -0.39 is 10.0 Å². The summed E-state index contributed by atoms with van der Waals surface area (Å²) in [5.74, 6) is 0. The maximum absolute atomic E-state index is 12.4. The fourth-order valence-electron chi connectivity index (χ4n) is 2.89. The fraction of sp³-hybridized carbons (Fsp3) is 0.333. The van der Waals surface area contributed by atoms with Gasteiger partial charge < -0.3 is 4.90 Å². The van der Waals surface area contributed by atoms with Gasteiger partial charge in [-0.25, -0.2) is 8.42 Å². The topological polar surface area (TPSA) is 49.4 Å². The third-order valence-corrected chi connectivity index (χ3v) is 5.52. The van der Waals surface area contributed by atoms with E-state index in [0.29, 0.717) is 5.69 Å². The van der Waals surface area contributed by atoms with Gasteiger partial charge in [0.2, 0.25) is 0 Å². The normalized spacial score (nSPS) is 15.4. The molecule has 5 heteroatoms. The highest BCUT2D eigenvalue weighted by Gasteiger charge is 2.15. The van der Waals surface area contributed by atoms with E-state index in [1.807, 2.05) is 37.3 Å². The van der Waals surface area contributed by atoms with Gasteiger partial charge in [0.15, 0.2) is 0 Å². The van der Waals surface area contributed by atoms with E-state index in [1.54, 1.807) is 18.2 Å². The van der Waals surface area contributed by atoms with Gasteiger partial charge in [0.1, 0.15) is 0 Å². The lowest BCUT2D eigenvalue weighted by Gasteiger charge is -2.28.